The van der Waals surface area contributed by atoms with Gasteiger partial charge in [-0.15, -0.1) is 0 Å². The van der Waals surface area contributed by atoms with Gasteiger partial charge in [0.2, 0.25) is 5.91 Å². The number of hydrogen-bond acceptors (Lipinski definition) is 3. The van der Waals surface area contributed by atoms with E-state index < -0.39 is 0 Å². The molecule has 3 nitrogen and oxygen atoms in total. The molecule has 0 aromatic heterocycles. The van der Waals surface area contributed by atoms with Crippen molar-refractivity contribution < 1.29 is 4.79 Å². The van der Waals surface area contributed by atoms with Crippen LogP contribution in [0.1, 0.15) is 12.0 Å². The monoisotopic (exact) mass is 298 g/mol. The van der Waals surface area contributed by atoms with Crippen LogP contribution in [0.4, 0.5) is 0 Å². The number of halogens is 1. The third-order valence-corrected chi connectivity index (χ3v) is 4.52. The van der Waals surface area contributed by atoms with Crippen LogP contribution >= 0.6 is 23.4 Å². The van der Waals surface area contributed by atoms with Gasteiger partial charge in [-0.05, 0) is 17.7 Å². The molecule has 5 heteroatoms. The minimum absolute atomic E-state index is 0.181. The molecular formula is C14H19ClN2OS. The lowest BCUT2D eigenvalue weighted by Crippen LogP contribution is -2.41. The smallest absolute Gasteiger partial charge is 0.224 e. The summed E-state index contributed by atoms with van der Waals surface area (Å²) in [4.78, 5) is 13.9. The molecule has 1 aliphatic rings. The van der Waals surface area contributed by atoms with Crippen LogP contribution in [0.25, 0.3) is 0 Å². The topological polar surface area (TPSA) is 32.3 Å². The number of nitrogens with zero attached hydrogens (tertiary/aromatic N) is 1. The summed E-state index contributed by atoms with van der Waals surface area (Å²) in [6, 6.07) is 7.96. The average molecular weight is 299 g/mol. The molecular weight excluding hydrogens is 280 g/mol. The molecule has 1 N–H and O–H groups in total. The number of amides is 1. The van der Waals surface area contributed by atoms with Crippen LogP contribution in [0.2, 0.25) is 5.02 Å². The Bertz CT molecular complexity index is 435. The van der Waals surface area contributed by atoms with E-state index in [1.165, 1.54) is 0 Å². The van der Waals surface area contributed by atoms with Gasteiger partial charge in [-0.25, -0.2) is 0 Å². The Morgan fingerprint density at radius 1 is 1.58 bits per heavy atom. The molecule has 1 heterocycles. The van der Waals surface area contributed by atoms with Gasteiger partial charge in [-0.1, -0.05) is 23.7 Å². The first-order valence-electron chi connectivity index (χ1n) is 6.44. The average Bonchev–Trinajstić information content (AvgIpc) is 2.40. The predicted molar refractivity (Wildman–Crippen MR) is 81.7 cm³/mol. The Morgan fingerprint density at radius 3 is 3.11 bits per heavy atom. The van der Waals surface area contributed by atoms with E-state index in [-0.39, 0.29) is 5.91 Å². The molecule has 2 rings (SSSR count). The zero-order valence-electron chi connectivity index (χ0n) is 11.1. The normalized spacial score (nSPS) is 19.2. The maximum Gasteiger partial charge on any atom is 0.224 e. The lowest BCUT2D eigenvalue weighted by atomic mass is 10.2. The Kier molecular flexibility index (Phi) is 5.55. The molecule has 0 spiro atoms. The van der Waals surface area contributed by atoms with Gasteiger partial charge >= 0.3 is 0 Å². The largest absolute Gasteiger partial charge is 0.341 e. The van der Waals surface area contributed by atoms with E-state index in [1.54, 1.807) is 4.90 Å². The molecule has 1 unspecified atom stereocenters. The van der Waals surface area contributed by atoms with Crippen LogP contribution in [0.5, 0.6) is 0 Å². The molecule has 1 aliphatic heterocycles. The molecule has 0 radical (unpaired) electrons. The molecule has 104 valence electrons. The van der Waals surface area contributed by atoms with Crippen molar-refractivity contribution in [3.63, 3.8) is 0 Å². The van der Waals surface area contributed by atoms with Crippen molar-refractivity contribution in [2.75, 3.05) is 25.1 Å². The van der Waals surface area contributed by atoms with E-state index in [1.807, 2.05) is 43.1 Å². The van der Waals surface area contributed by atoms with Crippen LogP contribution in [-0.2, 0) is 11.3 Å². The number of thioether (sulfide) groups is 1. The summed E-state index contributed by atoms with van der Waals surface area (Å²) in [6.07, 6.45) is 0.573. The summed E-state index contributed by atoms with van der Waals surface area (Å²) in [6.45, 7) is 1.61. The lowest BCUT2D eigenvalue weighted by Gasteiger charge is -2.25. The minimum Gasteiger partial charge on any atom is -0.341 e. The maximum absolute atomic E-state index is 12.1. The zero-order chi connectivity index (χ0) is 13.7. The molecule has 1 fully saturated rings. The summed E-state index contributed by atoms with van der Waals surface area (Å²) < 4.78 is 0. The summed E-state index contributed by atoms with van der Waals surface area (Å²) in [7, 11) is 1.85. The highest BCUT2D eigenvalue weighted by Gasteiger charge is 2.19. The summed E-state index contributed by atoms with van der Waals surface area (Å²) in [5, 5.41) is 4.10. The van der Waals surface area contributed by atoms with E-state index in [4.69, 9.17) is 11.6 Å². The first-order valence-corrected chi connectivity index (χ1v) is 7.98. The summed E-state index contributed by atoms with van der Waals surface area (Å²) in [5.74, 6) is 2.35. The van der Waals surface area contributed by atoms with E-state index >= 15 is 0 Å². The van der Waals surface area contributed by atoms with Crippen molar-refractivity contribution in [2.45, 2.75) is 19.0 Å². The van der Waals surface area contributed by atoms with Gasteiger partial charge in [0, 0.05) is 49.1 Å². The highest BCUT2D eigenvalue weighted by Crippen LogP contribution is 2.14. The molecule has 1 amide bonds. The van der Waals surface area contributed by atoms with E-state index in [9.17, 15) is 4.79 Å². The van der Waals surface area contributed by atoms with Crippen LogP contribution in [0, 0.1) is 0 Å². The van der Waals surface area contributed by atoms with Crippen molar-refractivity contribution in [3.05, 3.63) is 34.9 Å². The van der Waals surface area contributed by atoms with Crippen LogP contribution in [-0.4, -0.2) is 41.9 Å². The SMILES string of the molecule is CN(Cc1cccc(Cl)c1)C(=O)CC1CSCCN1. The van der Waals surface area contributed by atoms with Crippen LogP contribution in [0.3, 0.4) is 0 Å². The molecule has 1 aromatic carbocycles. The zero-order valence-corrected chi connectivity index (χ0v) is 12.6. The molecule has 1 aromatic rings. The van der Waals surface area contributed by atoms with Crippen molar-refractivity contribution in [3.8, 4) is 0 Å². The fourth-order valence-electron chi connectivity index (χ4n) is 2.11. The second kappa shape index (κ2) is 7.17. The van der Waals surface area contributed by atoms with Gasteiger partial charge in [0.1, 0.15) is 0 Å². The minimum atomic E-state index is 0.181. The third kappa shape index (κ3) is 4.71. The molecule has 1 atom stereocenters. The van der Waals surface area contributed by atoms with Crippen molar-refractivity contribution in [1.29, 1.82) is 0 Å². The fourth-order valence-corrected chi connectivity index (χ4v) is 3.28. The second-order valence-corrected chi connectivity index (χ2v) is 6.40. The highest BCUT2D eigenvalue weighted by molar-refractivity contribution is 7.99. The number of nitrogens with one attached hydrogen (secondary N) is 1. The predicted octanol–water partition coefficient (Wildman–Crippen LogP) is 2.39. The van der Waals surface area contributed by atoms with Gasteiger partial charge in [0.15, 0.2) is 0 Å². The standard InChI is InChI=1S/C14H19ClN2OS/c1-17(9-11-3-2-4-12(15)7-11)14(18)8-13-10-19-6-5-16-13/h2-4,7,13,16H,5-6,8-10H2,1H3. The Labute approximate surface area is 123 Å². The van der Waals surface area contributed by atoms with Gasteiger partial charge in [0.05, 0.1) is 0 Å². The van der Waals surface area contributed by atoms with E-state index in [0.717, 1.165) is 23.6 Å². The number of carbonyl (C=O) groups excluding carboxylic acids is 1. The Hall–Kier alpha value is -0.710. The Morgan fingerprint density at radius 2 is 2.42 bits per heavy atom. The van der Waals surface area contributed by atoms with Gasteiger partial charge in [-0.3, -0.25) is 4.79 Å². The lowest BCUT2D eigenvalue weighted by molar-refractivity contribution is -0.130. The molecule has 0 bridgehead atoms. The van der Waals surface area contributed by atoms with Crippen molar-refractivity contribution in [1.82, 2.24) is 10.2 Å². The number of carbonyl (C=O) groups is 1. The summed E-state index contributed by atoms with van der Waals surface area (Å²) >= 11 is 7.86. The van der Waals surface area contributed by atoms with Crippen molar-refractivity contribution in [2.24, 2.45) is 0 Å². The molecule has 0 aliphatic carbocycles. The van der Waals surface area contributed by atoms with E-state index in [2.05, 4.69) is 5.32 Å². The Balaban J connectivity index is 1.84. The number of rotatable bonds is 4. The summed E-state index contributed by atoms with van der Waals surface area (Å²) in [5.41, 5.74) is 1.06. The third-order valence-electron chi connectivity index (χ3n) is 3.15. The highest BCUT2D eigenvalue weighted by atomic mass is 35.5. The first kappa shape index (κ1) is 14.7. The molecule has 19 heavy (non-hydrogen) atoms. The van der Waals surface area contributed by atoms with Gasteiger partial charge < -0.3 is 10.2 Å². The number of benzene rings is 1. The quantitative estimate of drug-likeness (QED) is 0.926. The van der Waals surface area contributed by atoms with Crippen molar-refractivity contribution >= 4 is 29.3 Å². The fraction of sp³-hybridized carbons (Fsp3) is 0.500. The molecule has 1 saturated heterocycles. The maximum atomic E-state index is 12.1. The molecule has 0 saturated carbocycles. The van der Waals surface area contributed by atoms with Gasteiger partial charge in [0.25, 0.3) is 0 Å². The number of hydrogen-bond donors (Lipinski definition) is 1. The first-order chi connectivity index (χ1) is 9.15. The second-order valence-electron chi connectivity index (χ2n) is 4.81. The van der Waals surface area contributed by atoms with Crippen LogP contribution < -0.4 is 5.32 Å². The van der Waals surface area contributed by atoms with Gasteiger partial charge in [-0.2, -0.15) is 11.8 Å². The van der Waals surface area contributed by atoms with Crippen LogP contribution in [0.15, 0.2) is 24.3 Å². The van der Waals surface area contributed by atoms with E-state index in [0.29, 0.717) is 24.0 Å².